The fourth-order valence-electron chi connectivity index (χ4n) is 2.78. The van der Waals surface area contributed by atoms with Crippen LogP contribution >= 0.6 is 23.2 Å². The topological polar surface area (TPSA) is 38.5 Å². The van der Waals surface area contributed by atoms with Crippen molar-refractivity contribution in [2.45, 2.75) is 31.7 Å². The molecule has 2 aliphatic rings. The zero-order chi connectivity index (χ0) is 15.1. The lowest BCUT2D eigenvalue weighted by atomic mass is 10.1. The maximum Gasteiger partial charge on any atom is 0.0595 e. The first-order chi connectivity index (χ1) is 10.2. The molecule has 1 unspecified atom stereocenters. The van der Waals surface area contributed by atoms with Gasteiger partial charge in [0.2, 0.25) is 0 Å². The Morgan fingerprint density at radius 1 is 1.05 bits per heavy atom. The van der Waals surface area contributed by atoms with E-state index in [4.69, 9.17) is 33.7 Å². The largest absolute Gasteiger partial charge is 0.381 e. The summed E-state index contributed by atoms with van der Waals surface area (Å²) in [4.78, 5) is 2.42. The maximum absolute atomic E-state index is 6.03. The van der Waals surface area contributed by atoms with Crippen molar-refractivity contribution in [1.29, 1.82) is 0 Å². The highest BCUT2D eigenvalue weighted by molar-refractivity contribution is 6.42. The molecule has 2 aliphatic heterocycles. The fourth-order valence-corrected chi connectivity index (χ4v) is 3.09. The summed E-state index contributed by atoms with van der Waals surface area (Å²) in [7, 11) is 0. The van der Waals surface area contributed by atoms with Gasteiger partial charge in [-0.15, -0.1) is 0 Å². The Bertz CT molecular complexity index is 425. The zero-order valence-corrected chi connectivity index (χ0v) is 13.9. The molecule has 2 fully saturated rings. The molecule has 0 spiro atoms. The summed E-state index contributed by atoms with van der Waals surface area (Å²) in [5.74, 6) is 0. The van der Waals surface area contributed by atoms with Crippen LogP contribution < -0.4 is 5.73 Å². The van der Waals surface area contributed by atoms with Gasteiger partial charge in [0.1, 0.15) is 0 Å². The first-order valence-electron chi connectivity index (χ1n) is 7.69. The number of nitrogens with two attached hydrogens (primary N) is 1. The summed E-state index contributed by atoms with van der Waals surface area (Å²) in [6, 6.07) is 6.07. The van der Waals surface area contributed by atoms with Crippen LogP contribution in [0.25, 0.3) is 0 Å². The molecule has 0 aromatic heterocycles. The lowest BCUT2D eigenvalue weighted by molar-refractivity contribution is 0.198. The molecule has 118 valence electrons. The van der Waals surface area contributed by atoms with Gasteiger partial charge in [-0.25, -0.2) is 0 Å². The van der Waals surface area contributed by atoms with Crippen LogP contribution in [0.1, 0.15) is 37.3 Å². The molecule has 3 nitrogen and oxygen atoms in total. The summed E-state index contributed by atoms with van der Waals surface area (Å²) < 4.78 is 4.94. The van der Waals surface area contributed by atoms with E-state index >= 15 is 0 Å². The van der Waals surface area contributed by atoms with Gasteiger partial charge >= 0.3 is 0 Å². The van der Waals surface area contributed by atoms with Crippen LogP contribution in [0.15, 0.2) is 18.2 Å². The van der Waals surface area contributed by atoms with Crippen molar-refractivity contribution < 1.29 is 4.74 Å². The van der Waals surface area contributed by atoms with Crippen LogP contribution in [-0.4, -0.2) is 37.7 Å². The van der Waals surface area contributed by atoms with Gasteiger partial charge in [-0.2, -0.15) is 0 Å². The van der Waals surface area contributed by atoms with Gasteiger partial charge < -0.3 is 10.5 Å². The van der Waals surface area contributed by atoms with Gasteiger partial charge in [0.25, 0.3) is 0 Å². The van der Waals surface area contributed by atoms with Crippen molar-refractivity contribution in [3.8, 4) is 0 Å². The van der Waals surface area contributed by atoms with E-state index in [2.05, 4.69) is 4.90 Å². The Morgan fingerprint density at radius 3 is 2.19 bits per heavy atom. The van der Waals surface area contributed by atoms with E-state index in [1.165, 1.54) is 31.2 Å². The quantitative estimate of drug-likeness (QED) is 0.913. The minimum absolute atomic E-state index is 0.275. The number of hydrogen-bond donors (Lipinski definition) is 1. The third-order valence-electron chi connectivity index (χ3n) is 3.96. The highest BCUT2D eigenvalue weighted by atomic mass is 35.5. The van der Waals surface area contributed by atoms with E-state index < -0.39 is 0 Å². The minimum atomic E-state index is 0.275. The van der Waals surface area contributed by atoms with E-state index in [1.54, 1.807) is 0 Å². The Hall–Kier alpha value is -0.320. The Morgan fingerprint density at radius 2 is 1.71 bits per heavy atom. The van der Waals surface area contributed by atoms with Gasteiger partial charge in [0, 0.05) is 25.8 Å². The van der Waals surface area contributed by atoms with Crippen molar-refractivity contribution in [3.63, 3.8) is 0 Å². The smallest absolute Gasteiger partial charge is 0.0595 e. The minimum Gasteiger partial charge on any atom is -0.381 e. The Kier molecular flexibility index (Phi) is 7.27. The maximum atomic E-state index is 6.03. The predicted octanol–water partition coefficient (Wildman–Crippen LogP) is 3.89. The van der Waals surface area contributed by atoms with Crippen molar-refractivity contribution in [1.82, 2.24) is 4.90 Å². The second-order valence-electron chi connectivity index (χ2n) is 5.49. The fraction of sp³-hybridized carbons (Fsp3) is 0.625. The van der Waals surface area contributed by atoms with E-state index in [9.17, 15) is 0 Å². The van der Waals surface area contributed by atoms with E-state index in [0.29, 0.717) is 16.6 Å². The molecule has 1 aromatic rings. The number of likely N-dealkylation sites (tertiary alicyclic amines) is 1. The molecule has 21 heavy (non-hydrogen) atoms. The summed E-state index contributed by atoms with van der Waals surface area (Å²) in [5, 5.41) is 1.21. The molecule has 0 amide bonds. The van der Waals surface area contributed by atoms with Crippen LogP contribution in [0.2, 0.25) is 10.0 Å². The number of nitrogens with zero attached hydrogens (tertiary/aromatic N) is 1. The summed E-state index contributed by atoms with van der Waals surface area (Å²) >= 11 is 11.9. The number of rotatable bonds is 3. The summed E-state index contributed by atoms with van der Waals surface area (Å²) in [6.07, 6.45) is 5.08. The molecule has 2 saturated heterocycles. The molecule has 0 saturated carbocycles. The third kappa shape index (κ3) is 5.11. The molecule has 1 aromatic carbocycles. The van der Waals surface area contributed by atoms with E-state index in [1.807, 2.05) is 18.2 Å². The predicted molar refractivity (Wildman–Crippen MR) is 89.1 cm³/mol. The molecular weight excluding hydrogens is 307 g/mol. The van der Waals surface area contributed by atoms with Crippen LogP contribution in [0.5, 0.6) is 0 Å². The molecule has 0 aliphatic carbocycles. The second-order valence-corrected chi connectivity index (χ2v) is 6.30. The van der Waals surface area contributed by atoms with Gasteiger partial charge in [-0.3, -0.25) is 4.90 Å². The van der Waals surface area contributed by atoms with E-state index in [0.717, 1.165) is 26.3 Å². The first-order valence-corrected chi connectivity index (χ1v) is 8.45. The summed E-state index contributed by atoms with van der Waals surface area (Å²) in [6.45, 7) is 4.88. The number of halogens is 2. The average Bonchev–Trinajstić information content (AvgIpc) is 3.18. The normalized spacial score (nSPS) is 20.1. The van der Waals surface area contributed by atoms with Gasteiger partial charge in [-0.1, -0.05) is 29.3 Å². The monoisotopic (exact) mass is 330 g/mol. The SMILES string of the molecule is C1CCOC1.NCC(c1ccc(Cl)c(Cl)c1)N1CCCC1. The third-order valence-corrected chi connectivity index (χ3v) is 4.70. The van der Waals surface area contributed by atoms with Crippen LogP contribution in [0, 0.1) is 0 Å². The van der Waals surface area contributed by atoms with Crippen molar-refractivity contribution in [2.75, 3.05) is 32.8 Å². The lowest BCUT2D eigenvalue weighted by Crippen LogP contribution is -2.31. The second kappa shape index (κ2) is 8.96. The first kappa shape index (κ1) is 17.0. The van der Waals surface area contributed by atoms with Crippen molar-refractivity contribution >= 4 is 23.2 Å². The molecule has 3 rings (SSSR count). The number of hydrogen-bond acceptors (Lipinski definition) is 3. The van der Waals surface area contributed by atoms with Gasteiger partial charge in [0.05, 0.1) is 10.0 Å². The Labute approximate surface area is 137 Å². The molecule has 0 radical (unpaired) electrons. The van der Waals surface area contributed by atoms with Crippen LogP contribution in [0.3, 0.4) is 0 Å². The summed E-state index contributed by atoms with van der Waals surface area (Å²) in [5.41, 5.74) is 7.02. The van der Waals surface area contributed by atoms with E-state index in [-0.39, 0.29) is 6.04 Å². The van der Waals surface area contributed by atoms with Crippen LogP contribution in [-0.2, 0) is 4.74 Å². The average molecular weight is 331 g/mol. The number of ether oxygens (including phenoxy) is 1. The lowest BCUT2D eigenvalue weighted by Gasteiger charge is -2.26. The van der Waals surface area contributed by atoms with Crippen molar-refractivity contribution in [2.24, 2.45) is 5.73 Å². The molecule has 1 atom stereocenters. The zero-order valence-electron chi connectivity index (χ0n) is 12.4. The highest BCUT2D eigenvalue weighted by Crippen LogP contribution is 2.29. The highest BCUT2D eigenvalue weighted by Gasteiger charge is 2.22. The van der Waals surface area contributed by atoms with Crippen LogP contribution in [0.4, 0.5) is 0 Å². The standard InChI is InChI=1S/C12H16Cl2N2.C4H8O/c13-10-4-3-9(7-11(10)14)12(8-15)16-5-1-2-6-16;1-2-4-5-3-1/h3-4,7,12H,1-2,5-6,8,15H2;1-4H2. The molecule has 2 heterocycles. The molecule has 5 heteroatoms. The Balaban J connectivity index is 0.000000272. The molecule has 0 bridgehead atoms. The van der Waals surface area contributed by atoms with Gasteiger partial charge in [-0.05, 0) is 56.5 Å². The van der Waals surface area contributed by atoms with Crippen molar-refractivity contribution in [3.05, 3.63) is 33.8 Å². The molecule has 2 N–H and O–H groups in total. The number of benzene rings is 1. The van der Waals surface area contributed by atoms with Gasteiger partial charge in [0.15, 0.2) is 0 Å². The molecular formula is C16H24Cl2N2O.